The molecule has 0 spiro atoms. The van der Waals surface area contributed by atoms with E-state index in [1.807, 2.05) is 0 Å². The van der Waals surface area contributed by atoms with Gasteiger partial charge in [-0.1, -0.05) is 41.9 Å². The second-order valence-electron chi connectivity index (χ2n) is 6.64. The highest BCUT2D eigenvalue weighted by atomic mass is 35.5. The van der Waals surface area contributed by atoms with Crippen molar-refractivity contribution in [3.63, 3.8) is 0 Å². The molecule has 0 fully saturated rings. The van der Waals surface area contributed by atoms with Crippen molar-refractivity contribution in [2.45, 2.75) is 24.5 Å². The van der Waals surface area contributed by atoms with Crippen LogP contribution in [0.4, 0.5) is 22.0 Å². The van der Waals surface area contributed by atoms with Gasteiger partial charge in [-0.2, -0.15) is 17.6 Å². The minimum Gasteiger partial charge on any atom is -0.428 e. The van der Waals surface area contributed by atoms with Crippen LogP contribution in [0, 0.1) is 5.82 Å². The van der Waals surface area contributed by atoms with Crippen molar-refractivity contribution in [1.29, 1.82) is 0 Å². The van der Waals surface area contributed by atoms with Crippen LogP contribution in [0.3, 0.4) is 0 Å². The summed E-state index contributed by atoms with van der Waals surface area (Å²) in [7, 11) is 0. The lowest BCUT2D eigenvalue weighted by molar-refractivity contribution is -0.253. The molecule has 0 saturated heterocycles. The van der Waals surface area contributed by atoms with Crippen LogP contribution in [0.1, 0.15) is 16.8 Å². The van der Waals surface area contributed by atoms with Crippen molar-refractivity contribution in [2.75, 3.05) is 0 Å². The number of nitrogens with two attached hydrogens (primary N) is 1. The smallest absolute Gasteiger partial charge is 0.428 e. The topological polar surface area (TPSA) is 48.1 Å². The second kappa shape index (κ2) is 8.57. The lowest BCUT2D eigenvalue weighted by Gasteiger charge is -2.30. The third-order valence-corrected chi connectivity index (χ3v) is 4.63. The highest BCUT2D eigenvalue weighted by Crippen LogP contribution is 2.35. The number of ether oxygens (including phenoxy) is 1. The number of benzene rings is 2. The van der Waals surface area contributed by atoms with E-state index in [1.54, 1.807) is 30.3 Å². The van der Waals surface area contributed by atoms with Crippen molar-refractivity contribution in [3.05, 3.63) is 94.5 Å². The number of pyridine rings is 1. The van der Waals surface area contributed by atoms with E-state index in [2.05, 4.69) is 9.72 Å². The van der Waals surface area contributed by atoms with Gasteiger partial charge in [0.1, 0.15) is 11.6 Å². The van der Waals surface area contributed by atoms with E-state index in [4.69, 9.17) is 17.3 Å². The molecule has 1 atom stereocenters. The molecule has 1 heterocycles. The first-order valence-electron chi connectivity index (χ1n) is 8.71. The first-order chi connectivity index (χ1) is 14.1. The number of alkyl halides is 4. The Bertz CT molecular complexity index is 1000. The monoisotopic (exact) mass is 442 g/mol. The number of aromatic nitrogens is 1. The van der Waals surface area contributed by atoms with E-state index in [1.165, 1.54) is 18.3 Å². The Kier molecular flexibility index (Phi) is 6.28. The zero-order valence-corrected chi connectivity index (χ0v) is 16.1. The average molecular weight is 443 g/mol. The van der Waals surface area contributed by atoms with Crippen LogP contribution in [0.2, 0.25) is 5.02 Å². The molecule has 0 radical (unpaired) electrons. The van der Waals surface area contributed by atoms with Crippen molar-refractivity contribution < 1.29 is 26.7 Å². The number of nitrogens with zero attached hydrogens (tertiary/aromatic N) is 1. The van der Waals surface area contributed by atoms with Gasteiger partial charge in [-0.25, -0.2) is 4.39 Å². The predicted molar refractivity (Wildman–Crippen MR) is 102 cm³/mol. The van der Waals surface area contributed by atoms with Crippen molar-refractivity contribution in [2.24, 2.45) is 5.73 Å². The first kappa shape index (κ1) is 22.0. The number of hydrogen-bond acceptors (Lipinski definition) is 3. The number of halogens is 6. The molecule has 9 heteroatoms. The van der Waals surface area contributed by atoms with Crippen LogP contribution in [0.15, 0.2) is 66.9 Å². The van der Waals surface area contributed by atoms with E-state index in [0.29, 0.717) is 11.1 Å². The molecule has 3 rings (SSSR count). The van der Waals surface area contributed by atoms with E-state index >= 15 is 0 Å². The van der Waals surface area contributed by atoms with E-state index in [0.717, 1.165) is 17.7 Å². The summed E-state index contributed by atoms with van der Waals surface area (Å²) in [5, 5.41) is 0.334. The molecule has 30 heavy (non-hydrogen) atoms. The van der Waals surface area contributed by atoms with Crippen molar-refractivity contribution >= 4 is 11.6 Å². The molecular weight excluding hydrogens is 427 g/mol. The maximum atomic E-state index is 14.2. The summed E-state index contributed by atoms with van der Waals surface area (Å²) in [6.07, 6.45) is -7.43. The van der Waals surface area contributed by atoms with Crippen LogP contribution in [0.5, 0.6) is 5.75 Å². The molecule has 1 unspecified atom stereocenters. The summed E-state index contributed by atoms with van der Waals surface area (Å²) >= 11 is 5.88. The number of hydrogen-bond donors (Lipinski definition) is 1. The Morgan fingerprint density at radius 2 is 1.73 bits per heavy atom. The molecule has 2 aromatic carbocycles. The average Bonchev–Trinajstić information content (AvgIpc) is 2.68. The molecule has 0 aliphatic heterocycles. The highest BCUT2D eigenvalue weighted by Gasteiger charge is 2.44. The van der Waals surface area contributed by atoms with Gasteiger partial charge >= 0.3 is 12.5 Å². The highest BCUT2D eigenvalue weighted by molar-refractivity contribution is 6.30. The van der Waals surface area contributed by atoms with E-state index in [9.17, 15) is 22.0 Å². The Labute approximate surface area is 174 Å². The summed E-state index contributed by atoms with van der Waals surface area (Å²) in [5.41, 5.74) is 6.16. The van der Waals surface area contributed by atoms with Crippen molar-refractivity contribution in [1.82, 2.24) is 4.98 Å². The molecule has 0 bridgehead atoms. The quantitative estimate of drug-likeness (QED) is 0.488. The lowest BCUT2D eigenvalue weighted by atomic mass is 9.81. The Morgan fingerprint density at radius 3 is 2.33 bits per heavy atom. The van der Waals surface area contributed by atoms with Gasteiger partial charge in [-0.15, -0.1) is 0 Å². The van der Waals surface area contributed by atoms with Gasteiger partial charge in [0.05, 0.1) is 16.3 Å². The summed E-state index contributed by atoms with van der Waals surface area (Å²) in [5.74, 6) is -1.77. The summed E-state index contributed by atoms with van der Waals surface area (Å²) < 4.78 is 70.0. The third-order valence-electron chi connectivity index (χ3n) is 4.40. The van der Waals surface area contributed by atoms with Gasteiger partial charge in [0, 0.05) is 18.7 Å². The van der Waals surface area contributed by atoms with Gasteiger partial charge in [0.25, 0.3) is 0 Å². The summed E-state index contributed by atoms with van der Waals surface area (Å²) in [6, 6.07) is 14.5. The largest absolute Gasteiger partial charge is 0.461 e. The minimum atomic E-state index is -4.79. The molecular formula is C21H16ClF5N2O. The fourth-order valence-electron chi connectivity index (χ4n) is 2.98. The summed E-state index contributed by atoms with van der Waals surface area (Å²) in [6.45, 7) is 0. The van der Waals surface area contributed by atoms with Crippen LogP contribution >= 0.6 is 11.6 Å². The first-order valence-corrected chi connectivity index (χ1v) is 9.09. The standard InChI is InChI=1S/C21H16ClF5N2O/c22-15-6-7-18(29-12-15)20(28,11-13-4-2-1-3-5-13)14-8-16(23)10-17(9-14)30-21(26,27)19(24)25/h1-10,12,19H,11,28H2. The van der Waals surface area contributed by atoms with Crippen LogP contribution in [0.25, 0.3) is 0 Å². The fourth-order valence-corrected chi connectivity index (χ4v) is 3.09. The molecule has 158 valence electrons. The maximum Gasteiger partial charge on any atom is 0.461 e. The van der Waals surface area contributed by atoms with Crippen LogP contribution in [-0.2, 0) is 12.0 Å². The Balaban J connectivity index is 2.10. The molecule has 3 aromatic rings. The van der Waals surface area contributed by atoms with E-state index in [-0.39, 0.29) is 17.7 Å². The zero-order valence-electron chi connectivity index (χ0n) is 15.3. The Morgan fingerprint density at radius 1 is 1.03 bits per heavy atom. The minimum absolute atomic E-state index is 0.0150. The molecule has 2 N–H and O–H groups in total. The van der Waals surface area contributed by atoms with Gasteiger partial charge in [-0.3, -0.25) is 4.98 Å². The van der Waals surface area contributed by atoms with Crippen LogP contribution < -0.4 is 10.5 Å². The molecule has 0 amide bonds. The van der Waals surface area contributed by atoms with Crippen LogP contribution in [-0.4, -0.2) is 17.5 Å². The van der Waals surface area contributed by atoms with Gasteiger partial charge in [0.2, 0.25) is 0 Å². The molecule has 0 aliphatic carbocycles. The Hall–Kier alpha value is -2.71. The predicted octanol–water partition coefficient (Wildman–Crippen LogP) is 5.56. The SMILES string of the molecule is NC(Cc1ccccc1)(c1cc(F)cc(OC(F)(F)C(F)F)c1)c1ccc(Cl)cn1. The van der Waals surface area contributed by atoms with Gasteiger partial charge in [0.15, 0.2) is 0 Å². The van der Waals surface area contributed by atoms with Gasteiger partial charge < -0.3 is 10.5 Å². The fraction of sp³-hybridized carbons (Fsp3) is 0.190. The third kappa shape index (κ3) is 4.88. The molecule has 0 saturated carbocycles. The molecule has 0 aliphatic rings. The van der Waals surface area contributed by atoms with Gasteiger partial charge in [-0.05, 0) is 35.4 Å². The maximum absolute atomic E-state index is 14.2. The summed E-state index contributed by atoms with van der Waals surface area (Å²) in [4.78, 5) is 4.20. The second-order valence-corrected chi connectivity index (χ2v) is 7.07. The van der Waals surface area contributed by atoms with Crippen molar-refractivity contribution in [3.8, 4) is 5.75 Å². The lowest BCUT2D eigenvalue weighted by Crippen LogP contribution is -2.41. The number of rotatable bonds is 7. The zero-order chi connectivity index (χ0) is 21.9. The molecule has 3 nitrogen and oxygen atoms in total. The molecule has 1 aromatic heterocycles. The van der Waals surface area contributed by atoms with E-state index < -0.39 is 29.6 Å². The normalized spacial score (nSPS) is 13.9.